The number of fused-ring (bicyclic) bond motifs is 1. The molecule has 0 atom stereocenters. The van der Waals surface area contributed by atoms with E-state index in [1.54, 1.807) is 4.57 Å². The molecule has 104 valence electrons. The molecule has 7 heteroatoms. The second-order valence-corrected chi connectivity index (χ2v) is 5.44. The van der Waals surface area contributed by atoms with Crippen molar-refractivity contribution < 1.29 is 0 Å². The minimum absolute atomic E-state index is 0.166. The van der Waals surface area contributed by atoms with Crippen LogP contribution in [0.15, 0.2) is 34.5 Å². The zero-order valence-corrected chi connectivity index (χ0v) is 12.1. The summed E-state index contributed by atoms with van der Waals surface area (Å²) >= 11 is 1.51. The largest absolute Gasteiger partial charge is 0.343 e. The first-order chi connectivity index (χ1) is 9.69. The van der Waals surface area contributed by atoms with E-state index in [1.807, 2.05) is 42.8 Å². The van der Waals surface area contributed by atoms with Crippen LogP contribution < -0.4 is 5.69 Å². The molecule has 20 heavy (non-hydrogen) atoms. The van der Waals surface area contributed by atoms with E-state index in [1.165, 1.54) is 11.8 Å². The van der Waals surface area contributed by atoms with E-state index in [4.69, 9.17) is 0 Å². The summed E-state index contributed by atoms with van der Waals surface area (Å²) in [5.41, 5.74) is 2.93. The molecule has 0 amide bonds. The van der Waals surface area contributed by atoms with E-state index in [0.29, 0.717) is 17.5 Å². The van der Waals surface area contributed by atoms with E-state index in [9.17, 15) is 4.79 Å². The van der Waals surface area contributed by atoms with Crippen LogP contribution in [0, 0.1) is 6.92 Å². The number of hydrogen-bond donors (Lipinski definition) is 1. The molecular formula is C13H15N5OS. The van der Waals surface area contributed by atoms with Gasteiger partial charge in [-0.1, -0.05) is 17.8 Å². The van der Waals surface area contributed by atoms with Crippen molar-refractivity contribution in [3.8, 4) is 0 Å². The minimum Gasteiger partial charge on any atom is -0.307 e. The molecule has 0 aliphatic rings. The Labute approximate surface area is 119 Å². The number of aromatic nitrogens is 5. The van der Waals surface area contributed by atoms with E-state index in [0.717, 1.165) is 16.9 Å². The van der Waals surface area contributed by atoms with Crippen LogP contribution in [-0.4, -0.2) is 24.1 Å². The van der Waals surface area contributed by atoms with E-state index >= 15 is 0 Å². The lowest BCUT2D eigenvalue weighted by molar-refractivity contribution is 0.660. The van der Waals surface area contributed by atoms with Crippen molar-refractivity contribution in [2.45, 2.75) is 31.3 Å². The maximum Gasteiger partial charge on any atom is 0.343 e. The SMILES string of the molecule is CCn1c(SCc2cn3cccc(C)c3n2)n[nH]c1=O. The predicted molar refractivity (Wildman–Crippen MR) is 78.0 cm³/mol. The van der Waals surface area contributed by atoms with Gasteiger partial charge in [0.05, 0.1) is 5.69 Å². The van der Waals surface area contributed by atoms with Crippen LogP contribution >= 0.6 is 11.8 Å². The standard InChI is InChI=1S/C13H15N5OS/c1-3-18-12(19)15-16-13(18)20-8-10-7-17-6-4-5-9(2)11(17)14-10/h4-7H,3,8H2,1-2H3,(H,15,19). The average Bonchev–Trinajstić information content (AvgIpc) is 3.00. The van der Waals surface area contributed by atoms with Crippen LogP contribution in [0.4, 0.5) is 0 Å². The Hall–Kier alpha value is -2.02. The summed E-state index contributed by atoms with van der Waals surface area (Å²) in [6.07, 6.45) is 4.00. The van der Waals surface area contributed by atoms with Crippen molar-refractivity contribution in [3.63, 3.8) is 0 Å². The van der Waals surface area contributed by atoms with Crippen LogP contribution in [0.3, 0.4) is 0 Å². The lowest BCUT2D eigenvalue weighted by Gasteiger charge is -1.99. The van der Waals surface area contributed by atoms with Crippen LogP contribution in [0.25, 0.3) is 5.65 Å². The number of nitrogens with zero attached hydrogens (tertiary/aromatic N) is 4. The Morgan fingerprint density at radius 2 is 2.30 bits per heavy atom. The fourth-order valence-electron chi connectivity index (χ4n) is 2.10. The molecule has 0 unspecified atom stereocenters. The van der Waals surface area contributed by atoms with Gasteiger partial charge in [0.25, 0.3) is 0 Å². The zero-order chi connectivity index (χ0) is 14.1. The molecule has 1 N–H and O–H groups in total. The van der Waals surface area contributed by atoms with Gasteiger partial charge in [0.15, 0.2) is 5.16 Å². The maximum absolute atomic E-state index is 11.5. The van der Waals surface area contributed by atoms with Crippen LogP contribution in [0.5, 0.6) is 0 Å². The Morgan fingerprint density at radius 1 is 1.45 bits per heavy atom. The summed E-state index contributed by atoms with van der Waals surface area (Å²) < 4.78 is 3.63. The first-order valence-electron chi connectivity index (χ1n) is 6.40. The zero-order valence-electron chi connectivity index (χ0n) is 11.3. The van der Waals surface area contributed by atoms with Gasteiger partial charge in [-0.3, -0.25) is 4.57 Å². The second-order valence-electron chi connectivity index (χ2n) is 4.50. The fraction of sp³-hybridized carbons (Fsp3) is 0.308. The van der Waals surface area contributed by atoms with Gasteiger partial charge in [-0.05, 0) is 25.5 Å². The number of nitrogens with one attached hydrogen (secondary N) is 1. The summed E-state index contributed by atoms with van der Waals surface area (Å²) in [6, 6.07) is 4.05. The van der Waals surface area contributed by atoms with Gasteiger partial charge in [-0.15, -0.1) is 5.10 Å². The number of aromatic amines is 1. The number of thioether (sulfide) groups is 1. The van der Waals surface area contributed by atoms with Gasteiger partial charge >= 0.3 is 5.69 Å². The molecule has 0 spiro atoms. The normalized spacial score (nSPS) is 11.3. The third-order valence-electron chi connectivity index (χ3n) is 3.12. The Bertz CT molecular complexity index is 801. The van der Waals surface area contributed by atoms with Gasteiger partial charge in [0, 0.05) is 24.7 Å². The Morgan fingerprint density at radius 3 is 3.05 bits per heavy atom. The third-order valence-corrected chi connectivity index (χ3v) is 4.13. The van der Waals surface area contributed by atoms with Gasteiger partial charge in [-0.2, -0.15) is 0 Å². The first kappa shape index (κ1) is 13.0. The van der Waals surface area contributed by atoms with E-state index < -0.39 is 0 Å². The molecule has 0 aliphatic carbocycles. The lowest BCUT2D eigenvalue weighted by Crippen LogP contribution is -2.16. The number of H-pyrrole nitrogens is 1. The second kappa shape index (κ2) is 5.16. The molecule has 3 heterocycles. The molecule has 0 aliphatic heterocycles. The monoisotopic (exact) mass is 289 g/mol. The van der Waals surface area contributed by atoms with Crippen LogP contribution in [0.1, 0.15) is 18.2 Å². The fourth-order valence-corrected chi connectivity index (χ4v) is 3.00. The van der Waals surface area contributed by atoms with Crippen LogP contribution in [-0.2, 0) is 12.3 Å². The third kappa shape index (κ3) is 2.24. The number of rotatable bonds is 4. The Kier molecular flexibility index (Phi) is 3.35. The van der Waals surface area contributed by atoms with Crippen molar-refractivity contribution in [2.75, 3.05) is 0 Å². The molecule has 0 fully saturated rings. The highest BCUT2D eigenvalue weighted by Gasteiger charge is 2.09. The number of hydrogen-bond acceptors (Lipinski definition) is 4. The summed E-state index contributed by atoms with van der Waals surface area (Å²) in [5.74, 6) is 0.686. The lowest BCUT2D eigenvalue weighted by atomic mass is 10.3. The molecule has 0 saturated heterocycles. The van der Waals surface area contributed by atoms with Gasteiger partial charge in [0.2, 0.25) is 0 Å². The Balaban J connectivity index is 1.83. The molecule has 3 rings (SSSR count). The molecule has 0 bridgehead atoms. The van der Waals surface area contributed by atoms with Crippen molar-refractivity contribution in [2.24, 2.45) is 0 Å². The molecule has 0 saturated carbocycles. The molecule has 3 aromatic rings. The molecule has 0 aromatic carbocycles. The summed E-state index contributed by atoms with van der Waals surface area (Å²) in [4.78, 5) is 16.1. The summed E-state index contributed by atoms with van der Waals surface area (Å²) in [6.45, 7) is 4.58. The van der Waals surface area contributed by atoms with Crippen molar-refractivity contribution in [3.05, 3.63) is 46.3 Å². The quantitative estimate of drug-likeness (QED) is 0.744. The predicted octanol–water partition coefficient (Wildman–Crippen LogP) is 1.84. The van der Waals surface area contributed by atoms with E-state index in [2.05, 4.69) is 15.2 Å². The van der Waals surface area contributed by atoms with Gasteiger partial charge in [0.1, 0.15) is 5.65 Å². The highest BCUT2D eigenvalue weighted by atomic mass is 32.2. The average molecular weight is 289 g/mol. The number of imidazole rings is 1. The van der Waals surface area contributed by atoms with Gasteiger partial charge in [-0.25, -0.2) is 14.9 Å². The van der Waals surface area contributed by atoms with Crippen molar-refractivity contribution in [1.82, 2.24) is 24.1 Å². The maximum atomic E-state index is 11.5. The van der Waals surface area contributed by atoms with Crippen LogP contribution in [0.2, 0.25) is 0 Å². The van der Waals surface area contributed by atoms with E-state index in [-0.39, 0.29) is 5.69 Å². The number of pyridine rings is 1. The highest BCUT2D eigenvalue weighted by molar-refractivity contribution is 7.98. The van der Waals surface area contributed by atoms with Crippen molar-refractivity contribution >= 4 is 17.4 Å². The summed E-state index contributed by atoms with van der Waals surface area (Å²) in [7, 11) is 0. The highest BCUT2D eigenvalue weighted by Crippen LogP contribution is 2.20. The number of aryl methyl sites for hydroxylation is 1. The summed E-state index contributed by atoms with van der Waals surface area (Å²) in [5, 5.41) is 7.20. The smallest absolute Gasteiger partial charge is 0.307 e. The first-order valence-corrected chi connectivity index (χ1v) is 7.39. The molecule has 0 radical (unpaired) electrons. The topological polar surface area (TPSA) is 68.0 Å². The minimum atomic E-state index is -0.166. The molecular weight excluding hydrogens is 274 g/mol. The molecule has 6 nitrogen and oxygen atoms in total. The molecule has 3 aromatic heterocycles. The van der Waals surface area contributed by atoms with Crippen molar-refractivity contribution in [1.29, 1.82) is 0 Å². The van der Waals surface area contributed by atoms with Gasteiger partial charge < -0.3 is 4.40 Å².